The number of carbonyl (C=O) groups excluding carboxylic acids is 1. The molecular formula is C12H15N3O2. The molecule has 0 aliphatic rings. The molecular weight excluding hydrogens is 218 g/mol. The first-order valence-electron chi connectivity index (χ1n) is 5.50. The molecule has 5 heteroatoms. The number of carbonyl (C=O) groups is 1. The van der Waals surface area contributed by atoms with Gasteiger partial charge in [-0.25, -0.2) is 4.98 Å². The lowest BCUT2D eigenvalue weighted by Gasteiger charge is -2.01. The van der Waals surface area contributed by atoms with Gasteiger partial charge in [0.25, 0.3) is 0 Å². The molecule has 0 spiro atoms. The van der Waals surface area contributed by atoms with Crippen LogP contribution >= 0.6 is 0 Å². The van der Waals surface area contributed by atoms with Gasteiger partial charge in [-0.2, -0.15) is 0 Å². The number of nitrogens with two attached hydrogens (primary N) is 1. The highest BCUT2D eigenvalue weighted by molar-refractivity contribution is 5.93. The Morgan fingerprint density at radius 3 is 2.94 bits per heavy atom. The van der Waals surface area contributed by atoms with Crippen molar-refractivity contribution in [1.82, 2.24) is 4.98 Å². The Bertz CT molecular complexity index is 546. The van der Waals surface area contributed by atoms with E-state index in [9.17, 15) is 4.79 Å². The van der Waals surface area contributed by atoms with Crippen molar-refractivity contribution in [3.8, 4) is 0 Å². The summed E-state index contributed by atoms with van der Waals surface area (Å²) in [4.78, 5) is 15.5. The number of benzene rings is 1. The molecule has 3 N–H and O–H groups in total. The first kappa shape index (κ1) is 11.6. The minimum atomic E-state index is -0.225. The van der Waals surface area contributed by atoms with E-state index in [1.54, 1.807) is 18.2 Å². The summed E-state index contributed by atoms with van der Waals surface area (Å²) < 4.78 is 5.57. The Labute approximate surface area is 99.0 Å². The average Bonchev–Trinajstić information content (AvgIpc) is 2.72. The summed E-state index contributed by atoms with van der Waals surface area (Å²) in [6, 6.07) is 5.34. The number of fused-ring (bicyclic) bond motifs is 1. The van der Waals surface area contributed by atoms with Crippen LogP contribution in [0, 0.1) is 0 Å². The lowest BCUT2D eigenvalue weighted by Crippen LogP contribution is -2.21. The van der Waals surface area contributed by atoms with Gasteiger partial charge in [0.2, 0.25) is 5.91 Å². The number of amides is 1. The molecule has 17 heavy (non-hydrogen) atoms. The molecule has 1 aromatic heterocycles. The number of oxazole rings is 1. The zero-order chi connectivity index (χ0) is 12.4. The normalized spacial score (nSPS) is 11.1. The summed E-state index contributed by atoms with van der Waals surface area (Å²) in [6.45, 7) is 4.00. The van der Waals surface area contributed by atoms with Crippen molar-refractivity contribution in [2.24, 2.45) is 5.73 Å². The second-order valence-electron chi connectivity index (χ2n) is 4.14. The van der Waals surface area contributed by atoms with Gasteiger partial charge in [-0.1, -0.05) is 13.8 Å². The van der Waals surface area contributed by atoms with E-state index < -0.39 is 0 Å². The molecule has 1 aromatic carbocycles. The van der Waals surface area contributed by atoms with Crippen molar-refractivity contribution < 1.29 is 9.21 Å². The van der Waals surface area contributed by atoms with Gasteiger partial charge in [-0.3, -0.25) is 4.79 Å². The summed E-state index contributed by atoms with van der Waals surface area (Å²) in [7, 11) is 0. The van der Waals surface area contributed by atoms with Crippen molar-refractivity contribution in [2.75, 3.05) is 11.9 Å². The number of hydrogen-bond acceptors (Lipinski definition) is 4. The third-order valence-corrected chi connectivity index (χ3v) is 2.37. The Morgan fingerprint density at radius 2 is 2.29 bits per heavy atom. The molecule has 0 saturated carbocycles. The predicted molar refractivity (Wildman–Crippen MR) is 65.8 cm³/mol. The number of nitrogens with zero attached hydrogens (tertiary/aromatic N) is 1. The van der Waals surface area contributed by atoms with E-state index in [-0.39, 0.29) is 18.4 Å². The molecule has 1 heterocycles. The summed E-state index contributed by atoms with van der Waals surface area (Å²) in [5, 5.41) is 2.68. The van der Waals surface area contributed by atoms with Crippen LogP contribution in [0.25, 0.3) is 11.1 Å². The van der Waals surface area contributed by atoms with Crippen LogP contribution in [-0.4, -0.2) is 17.4 Å². The fourth-order valence-corrected chi connectivity index (χ4v) is 1.48. The molecule has 0 bridgehead atoms. The van der Waals surface area contributed by atoms with Crippen LogP contribution in [0.2, 0.25) is 0 Å². The van der Waals surface area contributed by atoms with Crippen molar-refractivity contribution >= 4 is 22.7 Å². The Balaban J connectivity index is 2.33. The molecule has 0 saturated heterocycles. The topological polar surface area (TPSA) is 81.2 Å². The number of aromatic nitrogens is 1. The van der Waals surface area contributed by atoms with E-state index in [1.807, 2.05) is 13.8 Å². The van der Waals surface area contributed by atoms with Crippen LogP contribution in [0.3, 0.4) is 0 Å². The first-order chi connectivity index (χ1) is 8.10. The SMILES string of the molecule is CC(C)c1nc2cc(NC(=O)CN)ccc2o1. The van der Waals surface area contributed by atoms with Gasteiger partial charge in [0, 0.05) is 11.6 Å². The fourth-order valence-electron chi connectivity index (χ4n) is 1.48. The van der Waals surface area contributed by atoms with Gasteiger partial charge in [0.15, 0.2) is 11.5 Å². The van der Waals surface area contributed by atoms with E-state index in [4.69, 9.17) is 10.2 Å². The van der Waals surface area contributed by atoms with Gasteiger partial charge < -0.3 is 15.5 Å². The minimum absolute atomic E-state index is 0.0336. The third-order valence-electron chi connectivity index (χ3n) is 2.37. The number of hydrogen-bond donors (Lipinski definition) is 2. The monoisotopic (exact) mass is 233 g/mol. The van der Waals surface area contributed by atoms with Gasteiger partial charge in [0.1, 0.15) is 5.52 Å². The molecule has 0 unspecified atom stereocenters. The maximum Gasteiger partial charge on any atom is 0.238 e. The lowest BCUT2D eigenvalue weighted by atomic mass is 10.2. The maximum atomic E-state index is 11.2. The van der Waals surface area contributed by atoms with Crippen molar-refractivity contribution in [3.05, 3.63) is 24.1 Å². The van der Waals surface area contributed by atoms with Gasteiger partial charge in [0.05, 0.1) is 6.54 Å². The quantitative estimate of drug-likeness (QED) is 0.847. The van der Waals surface area contributed by atoms with E-state index in [2.05, 4.69) is 10.3 Å². The van der Waals surface area contributed by atoms with E-state index in [0.29, 0.717) is 11.6 Å². The summed E-state index contributed by atoms with van der Waals surface area (Å²) in [5.41, 5.74) is 7.37. The highest BCUT2D eigenvalue weighted by atomic mass is 16.3. The molecule has 90 valence electrons. The maximum absolute atomic E-state index is 11.2. The number of nitrogens with one attached hydrogen (secondary N) is 1. The van der Waals surface area contributed by atoms with Crippen molar-refractivity contribution in [2.45, 2.75) is 19.8 Å². The summed E-state index contributed by atoms with van der Waals surface area (Å²) in [5.74, 6) is 0.712. The molecule has 0 aliphatic carbocycles. The predicted octanol–water partition coefficient (Wildman–Crippen LogP) is 1.85. The number of anilines is 1. The molecule has 0 fully saturated rings. The van der Waals surface area contributed by atoms with E-state index >= 15 is 0 Å². The zero-order valence-electron chi connectivity index (χ0n) is 9.86. The highest BCUT2D eigenvalue weighted by Crippen LogP contribution is 2.23. The van der Waals surface area contributed by atoms with Crippen LogP contribution in [0.1, 0.15) is 25.7 Å². The van der Waals surface area contributed by atoms with Crippen LogP contribution in [0.15, 0.2) is 22.6 Å². The molecule has 0 radical (unpaired) electrons. The minimum Gasteiger partial charge on any atom is -0.440 e. The Hall–Kier alpha value is -1.88. The van der Waals surface area contributed by atoms with Crippen molar-refractivity contribution in [3.63, 3.8) is 0 Å². The van der Waals surface area contributed by atoms with Crippen LogP contribution in [0.4, 0.5) is 5.69 Å². The largest absolute Gasteiger partial charge is 0.440 e. The second kappa shape index (κ2) is 4.55. The van der Waals surface area contributed by atoms with Gasteiger partial charge in [-0.15, -0.1) is 0 Å². The fraction of sp³-hybridized carbons (Fsp3) is 0.333. The Kier molecular flexibility index (Phi) is 3.10. The van der Waals surface area contributed by atoms with Crippen molar-refractivity contribution in [1.29, 1.82) is 0 Å². The highest BCUT2D eigenvalue weighted by Gasteiger charge is 2.10. The Morgan fingerprint density at radius 1 is 1.53 bits per heavy atom. The standard InChI is InChI=1S/C12H15N3O2/c1-7(2)12-15-9-5-8(14-11(16)6-13)3-4-10(9)17-12/h3-5,7H,6,13H2,1-2H3,(H,14,16). The zero-order valence-corrected chi connectivity index (χ0v) is 9.86. The molecule has 2 rings (SSSR count). The first-order valence-corrected chi connectivity index (χ1v) is 5.50. The smallest absolute Gasteiger partial charge is 0.238 e. The average molecular weight is 233 g/mol. The third kappa shape index (κ3) is 2.45. The molecule has 1 amide bonds. The molecule has 0 aliphatic heterocycles. The molecule has 0 atom stereocenters. The van der Waals surface area contributed by atoms with Crippen LogP contribution in [0.5, 0.6) is 0 Å². The number of rotatable bonds is 3. The summed E-state index contributed by atoms with van der Waals surface area (Å²) >= 11 is 0. The summed E-state index contributed by atoms with van der Waals surface area (Å²) in [6.07, 6.45) is 0. The van der Waals surface area contributed by atoms with Gasteiger partial charge >= 0.3 is 0 Å². The van der Waals surface area contributed by atoms with Crippen LogP contribution < -0.4 is 11.1 Å². The second-order valence-corrected chi connectivity index (χ2v) is 4.14. The van der Waals surface area contributed by atoms with E-state index in [0.717, 1.165) is 11.1 Å². The van der Waals surface area contributed by atoms with E-state index in [1.165, 1.54) is 0 Å². The lowest BCUT2D eigenvalue weighted by molar-refractivity contribution is -0.114. The molecule has 2 aromatic rings. The molecule has 5 nitrogen and oxygen atoms in total. The van der Waals surface area contributed by atoms with Gasteiger partial charge in [-0.05, 0) is 18.2 Å². The van der Waals surface area contributed by atoms with Crippen LogP contribution in [-0.2, 0) is 4.79 Å².